The van der Waals surface area contributed by atoms with Gasteiger partial charge in [-0.2, -0.15) is 0 Å². The van der Waals surface area contributed by atoms with Gasteiger partial charge in [-0.1, -0.05) is 172 Å². The molecule has 0 unspecified atom stereocenters. The average Bonchev–Trinajstić information content (AvgIpc) is 3.80. The smallest absolute Gasteiger partial charge is 0.252 e. The molecular formula is C64H58BN3O. The predicted molar refractivity (Wildman–Crippen MR) is 296 cm³/mol. The van der Waals surface area contributed by atoms with E-state index in [0.29, 0.717) is 0 Å². The Bertz CT molecular complexity index is 3550. The van der Waals surface area contributed by atoms with Crippen LogP contribution < -0.4 is 31.1 Å². The lowest BCUT2D eigenvalue weighted by Crippen LogP contribution is -2.61. The zero-order valence-corrected chi connectivity index (χ0v) is 41.2. The second kappa shape index (κ2) is 15.5. The molecule has 5 heteroatoms. The van der Waals surface area contributed by atoms with E-state index in [0.717, 1.165) is 44.9 Å². The Kier molecular flexibility index (Phi) is 9.63. The number of benzene rings is 9. The minimum absolute atomic E-state index is 0.00447. The first kappa shape index (κ1) is 42.8. The highest BCUT2D eigenvalue weighted by Gasteiger charge is 2.45. The van der Waals surface area contributed by atoms with Gasteiger partial charge < -0.3 is 19.1 Å². The molecule has 2 aliphatic rings. The van der Waals surface area contributed by atoms with Crippen molar-refractivity contribution in [2.24, 2.45) is 0 Å². The van der Waals surface area contributed by atoms with E-state index >= 15 is 0 Å². The van der Waals surface area contributed by atoms with Crippen LogP contribution in [0.4, 0.5) is 51.2 Å². The van der Waals surface area contributed by atoms with E-state index in [9.17, 15) is 0 Å². The molecule has 0 atom stereocenters. The van der Waals surface area contributed by atoms with Gasteiger partial charge >= 0.3 is 0 Å². The summed E-state index contributed by atoms with van der Waals surface area (Å²) in [5.41, 5.74) is 18.0. The Morgan fingerprint density at radius 1 is 0.391 bits per heavy atom. The van der Waals surface area contributed by atoms with Gasteiger partial charge in [-0.3, -0.25) is 0 Å². The van der Waals surface area contributed by atoms with Crippen molar-refractivity contribution in [2.45, 2.75) is 78.6 Å². The van der Waals surface area contributed by atoms with Crippen LogP contribution in [0.15, 0.2) is 193 Å². The normalized spacial score (nSPS) is 13.5. The fourth-order valence-corrected chi connectivity index (χ4v) is 11.0. The molecule has 10 aromatic rings. The lowest BCUT2D eigenvalue weighted by atomic mass is 9.33. The van der Waals surface area contributed by atoms with Gasteiger partial charge in [-0.05, 0) is 127 Å². The van der Waals surface area contributed by atoms with E-state index in [1.807, 2.05) is 12.5 Å². The monoisotopic (exact) mass is 895 g/mol. The van der Waals surface area contributed by atoms with Crippen molar-refractivity contribution < 1.29 is 4.42 Å². The first-order chi connectivity index (χ1) is 33.1. The van der Waals surface area contributed by atoms with E-state index in [2.05, 4.69) is 253 Å². The van der Waals surface area contributed by atoms with Crippen molar-refractivity contribution in [2.75, 3.05) is 14.7 Å². The fourth-order valence-electron chi connectivity index (χ4n) is 11.0. The quantitative estimate of drug-likeness (QED) is 0.161. The molecule has 0 saturated carbocycles. The maximum absolute atomic E-state index is 5.96. The van der Waals surface area contributed by atoms with Gasteiger partial charge in [0.25, 0.3) is 6.71 Å². The third-order valence-corrected chi connectivity index (χ3v) is 14.8. The Balaban J connectivity index is 1.18. The van der Waals surface area contributed by atoms with Gasteiger partial charge in [0.05, 0.1) is 23.9 Å². The summed E-state index contributed by atoms with van der Waals surface area (Å²) in [6, 6.07) is 66.5. The summed E-state index contributed by atoms with van der Waals surface area (Å²) in [6.45, 7) is 20.7. The van der Waals surface area contributed by atoms with Crippen molar-refractivity contribution in [1.29, 1.82) is 0 Å². The lowest BCUT2D eigenvalue weighted by molar-refractivity contribution is 0.572. The van der Waals surface area contributed by atoms with Gasteiger partial charge in [-0.15, -0.1) is 0 Å². The molecule has 0 amide bonds. The van der Waals surface area contributed by atoms with E-state index < -0.39 is 0 Å². The van der Waals surface area contributed by atoms with E-state index in [1.54, 1.807) is 0 Å². The molecule has 3 heterocycles. The molecule has 0 radical (unpaired) electrons. The molecule has 12 rings (SSSR count). The summed E-state index contributed by atoms with van der Waals surface area (Å²) in [5.74, 6) is 0. The summed E-state index contributed by atoms with van der Waals surface area (Å²) >= 11 is 0. The Hall–Kier alpha value is -7.50. The topological polar surface area (TPSA) is 22.9 Å². The summed E-state index contributed by atoms with van der Waals surface area (Å²) in [6.07, 6.45) is 3.79. The number of rotatable bonds is 5. The van der Waals surface area contributed by atoms with Crippen LogP contribution in [0.25, 0.3) is 32.3 Å². The highest BCUT2D eigenvalue weighted by molar-refractivity contribution is 7.00. The van der Waals surface area contributed by atoms with Crippen LogP contribution in [0, 0.1) is 0 Å². The minimum atomic E-state index is -0.152. The maximum atomic E-state index is 5.96. The van der Waals surface area contributed by atoms with Crippen LogP contribution in [0.3, 0.4) is 0 Å². The second-order valence-electron chi connectivity index (χ2n) is 22.4. The largest absolute Gasteiger partial charge is 0.471 e. The van der Waals surface area contributed by atoms with E-state index in [-0.39, 0.29) is 23.0 Å². The second-order valence-corrected chi connectivity index (χ2v) is 22.4. The van der Waals surface area contributed by atoms with Crippen molar-refractivity contribution in [3.8, 4) is 0 Å². The molecule has 4 nitrogen and oxygen atoms in total. The van der Waals surface area contributed by atoms with Crippen molar-refractivity contribution >= 4 is 107 Å². The first-order valence-electron chi connectivity index (χ1n) is 24.5. The SMILES string of the molecule is CC(C)(C)c1ccc(N2c3cc(N(c4cccc5ccccc45)c4cccc5ccccc45)ccc3B3c4cc5cocc5cc4N(c4ccc(C(C)(C)C)cc4)c4cc(C(C)(C)C)cc2c43)cc1. The number of anilines is 9. The number of furan rings is 1. The molecule has 0 N–H and O–H groups in total. The third kappa shape index (κ3) is 7.04. The number of hydrogen-bond donors (Lipinski definition) is 0. The molecule has 9 aromatic carbocycles. The number of nitrogens with zero attached hydrogens (tertiary/aromatic N) is 3. The minimum Gasteiger partial charge on any atom is -0.471 e. The molecule has 1 aromatic heterocycles. The van der Waals surface area contributed by atoms with Gasteiger partial charge in [0.15, 0.2) is 0 Å². The standard InChI is InChI=1S/C64H58BN3O/c1-62(2,3)45-24-28-48(29-25-45)66-57-35-44-40-69-39-43(44)34-54(57)65-53-33-32-50(68(55-22-14-18-41-16-10-12-20-51(41)55)56-23-15-19-42-17-11-13-21-52(42)56)38-58(53)67(49-30-26-46(27-31-49)63(4,5)6)60-37-47(64(7,8)9)36-59(66)61(60)65/h10-40H,1-9H3. The van der Waals surface area contributed by atoms with Crippen LogP contribution in [0.1, 0.15) is 79.0 Å². The Morgan fingerprint density at radius 2 is 0.855 bits per heavy atom. The molecule has 0 aliphatic carbocycles. The van der Waals surface area contributed by atoms with Crippen molar-refractivity contribution in [3.05, 3.63) is 205 Å². The highest BCUT2D eigenvalue weighted by atomic mass is 16.3. The molecule has 0 spiro atoms. The molecule has 0 saturated heterocycles. The molecule has 0 fully saturated rings. The van der Waals surface area contributed by atoms with Gasteiger partial charge in [0, 0.05) is 61.4 Å². The summed E-state index contributed by atoms with van der Waals surface area (Å²) < 4.78 is 5.96. The van der Waals surface area contributed by atoms with Crippen LogP contribution in [0.5, 0.6) is 0 Å². The number of hydrogen-bond acceptors (Lipinski definition) is 4. The predicted octanol–water partition coefficient (Wildman–Crippen LogP) is 16.2. The summed E-state index contributed by atoms with van der Waals surface area (Å²) in [4.78, 5) is 7.59. The van der Waals surface area contributed by atoms with Crippen molar-refractivity contribution in [3.63, 3.8) is 0 Å². The van der Waals surface area contributed by atoms with E-state index in [4.69, 9.17) is 4.42 Å². The summed E-state index contributed by atoms with van der Waals surface area (Å²) in [7, 11) is 0. The van der Waals surface area contributed by atoms with Crippen LogP contribution in [0.2, 0.25) is 0 Å². The average molecular weight is 896 g/mol. The zero-order valence-electron chi connectivity index (χ0n) is 41.2. The van der Waals surface area contributed by atoms with Gasteiger partial charge in [0.1, 0.15) is 0 Å². The van der Waals surface area contributed by atoms with Gasteiger partial charge in [-0.25, -0.2) is 0 Å². The molecule has 0 bridgehead atoms. The first-order valence-corrected chi connectivity index (χ1v) is 24.5. The Labute approximate surface area is 407 Å². The molecule has 338 valence electrons. The Morgan fingerprint density at radius 3 is 1.36 bits per heavy atom. The maximum Gasteiger partial charge on any atom is 0.252 e. The van der Waals surface area contributed by atoms with Crippen LogP contribution in [-0.2, 0) is 16.2 Å². The number of fused-ring (bicyclic) bond motifs is 7. The molecule has 69 heavy (non-hydrogen) atoms. The van der Waals surface area contributed by atoms with Gasteiger partial charge in [0.2, 0.25) is 0 Å². The highest BCUT2D eigenvalue weighted by Crippen LogP contribution is 2.49. The van der Waals surface area contributed by atoms with Crippen molar-refractivity contribution in [1.82, 2.24) is 0 Å². The van der Waals surface area contributed by atoms with Crippen LogP contribution in [-0.4, -0.2) is 6.71 Å². The van der Waals surface area contributed by atoms with Crippen LogP contribution >= 0.6 is 0 Å². The molecular weight excluding hydrogens is 838 g/mol. The van der Waals surface area contributed by atoms with E-state index in [1.165, 1.54) is 71.7 Å². The lowest BCUT2D eigenvalue weighted by Gasteiger charge is -2.45. The zero-order chi connectivity index (χ0) is 47.6. The fraction of sp³-hybridized carbons (Fsp3) is 0.188. The third-order valence-electron chi connectivity index (χ3n) is 14.8. The molecule has 2 aliphatic heterocycles. The summed E-state index contributed by atoms with van der Waals surface area (Å²) in [5, 5.41) is 7.00.